The van der Waals surface area contributed by atoms with Gasteiger partial charge in [0.2, 0.25) is 0 Å². The van der Waals surface area contributed by atoms with Crippen molar-refractivity contribution in [2.75, 3.05) is 0 Å². The lowest BCUT2D eigenvalue weighted by molar-refractivity contribution is 0.426. The highest BCUT2D eigenvalue weighted by molar-refractivity contribution is 5.65. The quantitative estimate of drug-likeness (QED) is 0.570. The van der Waals surface area contributed by atoms with E-state index >= 15 is 0 Å². The van der Waals surface area contributed by atoms with Gasteiger partial charge in [-0.05, 0) is 13.0 Å². The molecule has 0 aliphatic heterocycles. The Morgan fingerprint density at radius 2 is 1.71 bits per heavy atom. The molecule has 1 atom stereocenters. The molecule has 4 nitrogen and oxygen atoms in total. The van der Waals surface area contributed by atoms with Gasteiger partial charge in [0.1, 0.15) is 17.2 Å². The van der Waals surface area contributed by atoms with Crippen LogP contribution in [-0.2, 0) is 0 Å². The molecule has 76 valence electrons. The van der Waals surface area contributed by atoms with Gasteiger partial charge in [-0.2, -0.15) is 0 Å². The van der Waals surface area contributed by atoms with Gasteiger partial charge in [0.25, 0.3) is 0 Å². The molecule has 1 aromatic carbocycles. The Bertz CT molecular complexity index is 335. The molecule has 0 heterocycles. The van der Waals surface area contributed by atoms with E-state index in [0.29, 0.717) is 0 Å². The van der Waals surface area contributed by atoms with Crippen LogP contribution in [0.4, 0.5) is 0 Å². The molecule has 0 amide bonds. The van der Waals surface area contributed by atoms with Gasteiger partial charge in [-0.1, -0.05) is 6.08 Å². The maximum atomic E-state index is 9.37. The summed E-state index contributed by atoms with van der Waals surface area (Å²) in [5, 5.41) is 27.8. The monoisotopic (exact) mass is 195 g/mol. The van der Waals surface area contributed by atoms with Crippen LogP contribution in [0.15, 0.2) is 18.2 Å². The second-order valence-electron chi connectivity index (χ2n) is 3.12. The van der Waals surface area contributed by atoms with Crippen LogP contribution < -0.4 is 5.73 Å². The SMILES string of the molecule is CC(N)/C=C/c1c(O)cc(O)cc1O. The van der Waals surface area contributed by atoms with Crippen LogP contribution in [0.2, 0.25) is 0 Å². The van der Waals surface area contributed by atoms with Gasteiger partial charge in [-0.15, -0.1) is 0 Å². The lowest BCUT2D eigenvalue weighted by atomic mass is 10.1. The third-order valence-corrected chi connectivity index (χ3v) is 1.69. The van der Waals surface area contributed by atoms with Crippen LogP contribution in [0.3, 0.4) is 0 Å². The lowest BCUT2D eigenvalue weighted by Gasteiger charge is -2.04. The van der Waals surface area contributed by atoms with Crippen molar-refractivity contribution in [1.82, 2.24) is 0 Å². The Labute approximate surface area is 81.9 Å². The van der Waals surface area contributed by atoms with E-state index in [0.717, 1.165) is 12.1 Å². The summed E-state index contributed by atoms with van der Waals surface area (Å²) in [7, 11) is 0. The number of rotatable bonds is 2. The molecule has 0 radical (unpaired) electrons. The van der Waals surface area contributed by atoms with Gasteiger partial charge >= 0.3 is 0 Å². The Balaban J connectivity index is 3.09. The van der Waals surface area contributed by atoms with Crippen molar-refractivity contribution in [3.63, 3.8) is 0 Å². The first-order valence-electron chi connectivity index (χ1n) is 4.19. The number of hydrogen-bond acceptors (Lipinski definition) is 4. The van der Waals surface area contributed by atoms with E-state index in [1.54, 1.807) is 13.0 Å². The molecule has 1 unspecified atom stereocenters. The summed E-state index contributed by atoms with van der Waals surface area (Å²) in [6.07, 6.45) is 3.14. The topological polar surface area (TPSA) is 86.7 Å². The van der Waals surface area contributed by atoms with Gasteiger partial charge < -0.3 is 21.1 Å². The van der Waals surface area contributed by atoms with Crippen LogP contribution in [-0.4, -0.2) is 21.4 Å². The van der Waals surface area contributed by atoms with Crippen LogP contribution in [0.25, 0.3) is 6.08 Å². The maximum absolute atomic E-state index is 9.37. The highest BCUT2D eigenvalue weighted by Gasteiger charge is 2.06. The predicted molar refractivity (Wildman–Crippen MR) is 54.1 cm³/mol. The Hall–Kier alpha value is -1.68. The fraction of sp³-hybridized carbons (Fsp3) is 0.200. The van der Waals surface area contributed by atoms with E-state index in [9.17, 15) is 10.2 Å². The van der Waals surface area contributed by atoms with Gasteiger partial charge in [-0.3, -0.25) is 0 Å². The molecule has 0 spiro atoms. The summed E-state index contributed by atoms with van der Waals surface area (Å²) in [6, 6.07) is 2.14. The highest BCUT2D eigenvalue weighted by Crippen LogP contribution is 2.32. The predicted octanol–water partition coefficient (Wildman–Crippen LogP) is 1.16. The molecule has 1 rings (SSSR count). The molecule has 0 fully saturated rings. The van der Waals surface area contributed by atoms with Gasteiger partial charge in [0.15, 0.2) is 0 Å². The van der Waals surface area contributed by atoms with Gasteiger partial charge in [0, 0.05) is 18.2 Å². The summed E-state index contributed by atoms with van der Waals surface area (Å²) >= 11 is 0. The minimum atomic E-state index is -0.182. The molecule has 0 aromatic heterocycles. The van der Waals surface area contributed by atoms with Crippen LogP contribution in [0.1, 0.15) is 12.5 Å². The fourth-order valence-corrected chi connectivity index (χ4v) is 1.03. The minimum absolute atomic E-state index is 0.164. The maximum Gasteiger partial charge on any atom is 0.130 e. The summed E-state index contributed by atoms with van der Waals surface area (Å²) in [6.45, 7) is 1.77. The van der Waals surface area contributed by atoms with E-state index in [-0.39, 0.29) is 28.9 Å². The van der Waals surface area contributed by atoms with Crippen molar-refractivity contribution in [1.29, 1.82) is 0 Å². The highest BCUT2D eigenvalue weighted by atomic mass is 16.3. The van der Waals surface area contributed by atoms with Crippen molar-refractivity contribution in [2.24, 2.45) is 5.73 Å². The summed E-state index contributed by atoms with van der Waals surface area (Å²) in [4.78, 5) is 0. The zero-order chi connectivity index (χ0) is 10.7. The van der Waals surface area contributed by atoms with E-state index in [4.69, 9.17) is 10.8 Å². The largest absolute Gasteiger partial charge is 0.508 e. The Morgan fingerprint density at radius 1 is 1.21 bits per heavy atom. The summed E-state index contributed by atoms with van der Waals surface area (Å²) in [5.74, 6) is -0.545. The molecule has 0 aliphatic carbocycles. The second-order valence-corrected chi connectivity index (χ2v) is 3.12. The normalized spacial score (nSPS) is 13.3. The molecular weight excluding hydrogens is 182 g/mol. The Morgan fingerprint density at radius 3 is 2.14 bits per heavy atom. The first-order chi connectivity index (χ1) is 6.50. The molecule has 0 saturated carbocycles. The molecule has 5 N–H and O–H groups in total. The molecule has 0 aliphatic rings. The number of nitrogens with two attached hydrogens (primary N) is 1. The smallest absolute Gasteiger partial charge is 0.130 e. The summed E-state index contributed by atoms with van der Waals surface area (Å²) in [5.41, 5.74) is 5.72. The van der Waals surface area contributed by atoms with Crippen molar-refractivity contribution in [3.05, 3.63) is 23.8 Å². The third-order valence-electron chi connectivity index (χ3n) is 1.69. The number of phenolic OH excluding ortho intramolecular Hbond substituents is 3. The van der Waals surface area contributed by atoms with Crippen LogP contribution in [0, 0.1) is 0 Å². The third kappa shape index (κ3) is 2.40. The van der Waals surface area contributed by atoms with Crippen molar-refractivity contribution < 1.29 is 15.3 Å². The molecular formula is C10H13NO3. The minimum Gasteiger partial charge on any atom is -0.508 e. The zero-order valence-corrected chi connectivity index (χ0v) is 7.81. The average Bonchev–Trinajstić information content (AvgIpc) is 2.01. The molecule has 14 heavy (non-hydrogen) atoms. The second kappa shape index (κ2) is 4.02. The van der Waals surface area contributed by atoms with E-state index < -0.39 is 0 Å². The van der Waals surface area contributed by atoms with Crippen molar-refractivity contribution in [2.45, 2.75) is 13.0 Å². The molecule has 0 bridgehead atoms. The molecule has 1 aromatic rings. The number of hydrogen-bond donors (Lipinski definition) is 4. The van der Waals surface area contributed by atoms with E-state index in [2.05, 4.69) is 0 Å². The molecule has 0 saturated heterocycles. The van der Waals surface area contributed by atoms with Gasteiger partial charge in [0.05, 0.1) is 5.56 Å². The van der Waals surface area contributed by atoms with Crippen molar-refractivity contribution in [3.8, 4) is 17.2 Å². The number of aromatic hydroxyl groups is 3. The molecule has 4 heteroatoms. The van der Waals surface area contributed by atoms with E-state index in [1.807, 2.05) is 0 Å². The fourth-order valence-electron chi connectivity index (χ4n) is 1.03. The number of benzene rings is 1. The lowest BCUT2D eigenvalue weighted by Crippen LogP contribution is -2.09. The average molecular weight is 195 g/mol. The van der Waals surface area contributed by atoms with E-state index in [1.165, 1.54) is 6.08 Å². The van der Waals surface area contributed by atoms with Gasteiger partial charge in [-0.25, -0.2) is 0 Å². The summed E-state index contributed by atoms with van der Waals surface area (Å²) < 4.78 is 0. The zero-order valence-electron chi connectivity index (χ0n) is 7.81. The number of phenols is 3. The van der Waals surface area contributed by atoms with Crippen molar-refractivity contribution >= 4 is 6.08 Å². The Kier molecular flexibility index (Phi) is 2.99. The van der Waals surface area contributed by atoms with Crippen LogP contribution in [0.5, 0.6) is 17.2 Å². The van der Waals surface area contributed by atoms with Crippen LogP contribution >= 0.6 is 0 Å². The standard InChI is InChI=1S/C10H13NO3/c1-6(11)2-3-8-9(13)4-7(12)5-10(8)14/h2-6,12-14H,11H2,1H3/b3-2+. The first-order valence-corrected chi connectivity index (χ1v) is 4.19. The first kappa shape index (κ1) is 10.4.